The summed E-state index contributed by atoms with van der Waals surface area (Å²) in [7, 11) is 0. The van der Waals surface area contributed by atoms with Crippen LogP contribution in [0.5, 0.6) is 0 Å². The third-order valence-corrected chi connectivity index (χ3v) is 8.41. The largest absolute Gasteiger partial charge is 0.444 e. The first-order valence-corrected chi connectivity index (χ1v) is 19.2. The van der Waals surface area contributed by atoms with Gasteiger partial charge in [-0.2, -0.15) is 0 Å². The highest BCUT2D eigenvalue weighted by Gasteiger charge is 2.16. The summed E-state index contributed by atoms with van der Waals surface area (Å²) in [5.41, 5.74) is 11.3. The molecule has 0 aliphatic heterocycles. The van der Waals surface area contributed by atoms with Crippen LogP contribution in [0.25, 0.3) is 0 Å². The van der Waals surface area contributed by atoms with E-state index in [1.165, 1.54) is 11.1 Å². The van der Waals surface area contributed by atoms with Crippen molar-refractivity contribution in [2.24, 2.45) is 5.73 Å². The molecule has 0 spiro atoms. The lowest BCUT2D eigenvalue weighted by molar-refractivity contribution is -0.118. The number of ether oxygens (including phenoxy) is 1. The van der Waals surface area contributed by atoms with Crippen molar-refractivity contribution in [1.29, 1.82) is 0 Å². The van der Waals surface area contributed by atoms with Crippen LogP contribution in [0.4, 0.5) is 4.79 Å². The summed E-state index contributed by atoms with van der Waals surface area (Å²) >= 11 is 10.6. The lowest BCUT2D eigenvalue weighted by atomic mass is 10.1. The molecular weight excluding hydrogens is 729 g/mol. The Kier molecular flexibility index (Phi) is 19.5. The molecule has 0 saturated heterocycles. The van der Waals surface area contributed by atoms with Crippen molar-refractivity contribution in [1.82, 2.24) is 26.6 Å². The number of thiocarbonyl (C=S) groups is 2. The van der Waals surface area contributed by atoms with E-state index in [1.54, 1.807) is 20.8 Å². The number of nitrogens with two attached hydrogens (primary N) is 1. The lowest BCUT2D eigenvalue weighted by Gasteiger charge is -2.19. The molecule has 0 unspecified atom stereocenters. The Morgan fingerprint density at radius 2 is 0.982 bits per heavy atom. The molecule has 12 heteroatoms. The molecule has 0 radical (unpaired) electrons. The summed E-state index contributed by atoms with van der Waals surface area (Å²) in [6.45, 7) is 8.09. The average Bonchev–Trinajstić information content (AvgIpc) is 3.16. The van der Waals surface area contributed by atoms with Gasteiger partial charge in [0.05, 0.1) is 13.1 Å². The monoisotopic (exact) mass is 782 g/mol. The van der Waals surface area contributed by atoms with Gasteiger partial charge in [0.25, 0.3) is 0 Å². The van der Waals surface area contributed by atoms with Crippen LogP contribution in [0.15, 0.2) is 109 Å². The van der Waals surface area contributed by atoms with Gasteiger partial charge >= 0.3 is 6.09 Å². The maximum atomic E-state index is 12.2. The van der Waals surface area contributed by atoms with E-state index in [9.17, 15) is 14.4 Å². The standard InChI is InChI=1S/C24H31N3O3S.C19H23N3OS/c1-24(2,3)30-23(29)27-17-21(28)15-19-10-7-11-20(14-19)16-26-22(31)25-13-12-18-8-5-4-6-9-18;20-13-18(23)12-16-7-4-8-17(11-16)14-22-19(24)21-10-9-15-5-2-1-3-6-15/h4-11,14H,12-13,15-17H2,1-3H3,(H,27,29)(H2,25,26,31);1-8,11H,9-10,12-14,20H2,(H2,21,22,24). The molecule has 0 aliphatic rings. The van der Waals surface area contributed by atoms with Gasteiger partial charge in [0.15, 0.2) is 21.8 Å². The number of nitrogens with one attached hydrogen (secondary N) is 5. The number of hydrogen-bond donors (Lipinski definition) is 6. The zero-order valence-corrected chi connectivity index (χ0v) is 33.6. The van der Waals surface area contributed by atoms with Gasteiger partial charge in [-0.25, -0.2) is 4.79 Å². The summed E-state index contributed by atoms with van der Waals surface area (Å²) in [6.07, 6.45) is 1.86. The number of carbonyl (C=O) groups excluding carboxylic acids is 3. The topological polar surface area (TPSA) is 147 Å². The molecule has 7 N–H and O–H groups in total. The summed E-state index contributed by atoms with van der Waals surface area (Å²) < 4.78 is 5.14. The second-order valence-corrected chi connectivity index (χ2v) is 14.6. The van der Waals surface area contributed by atoms with Gasteiger partial charge in [0.2, 0.25) is 0 Å². The smallest absolute Gasteiger partial charge is 0.408 e. The fourth-order valence-corrected chi connectivity index (χ4v) is 5.54. The fraction of sp³-hybridized carbons (Fsp3) is 0.326. The van der Waals surface area contributed by atoms with Crippen LogP contribution in [0, 0.1) is 0 Å². The highest BCUT2D eigenvalue weighted by molar-refractivity contribution is 7.80. The molecule has 0 bridgehead atoms. The number of alkyl carbamates (subject to hydrolysis) is 1. The molecule has 0 aliphatic carbocycles. The van der Waals surface area contributed by atoms with Crippen LogP contribution in [0.2, 0.25) is 0 Å². The molecule has 0 fully saturated rings. The highest BCUT2D eigenvalue weighted by atomic mass is 32.1. The Morgan fingerprint density at radius 1 is 0.564 bits per heavy atom. The summed E-state index contributed by atoms with van der Waals surface area (Å²) in [5.74, 6) is -0.0488. The Balaban J connectivity index is 0.000000305. The van der Waals surface area contributed by atoms with E-state index in [-0.39, 0.29) is 31.1 Å². The number of hydrogen-bond acceptors (Lipinski definition) is 7. The predicted molar refractivity (Wildman–Crippen MR) is 229 cm³/mol. The quantitative estimate of drug-likeness (QED) is 0.0757. The van der Waals surface area contributed by atoms with E-state index >= 15 is 0 Å². The number of ketones is 2. The number of carbonyl (C=O) groups is 3. The van der Waals surface area contributed by atoms with E-state index in [1.807, 2.05) is 84.9 Å². The number of benzene rings is 4. The summed E-state index contributed by atoms with van der Waals surface area (Å²) in [4.78, 5) is 35.3. The van der Waals surface area contributed by atoms with Gasteiger partial charge in [0.1, 0.15) is 5.60 Å². The molecule has 292 valence electrons. The van der Waals surface area contributed by atoms with Crippen LogP contribution in [0.1, 0.15) is 54.2 Å². The van der Waals surface area contributed by atoms with Crippen molar-refractivity contribution in [3.63, 3.8) is 0 Å². The minimum absolute atomic E-state index is 0.0400. The molecule has 55 heavy (non-hydrogen) atoms. The normalized spacial score (nSPS) is 10.5. The van der Waals surface area contributed by atoms with Crippen molar-refractivity contribution in [2.75, 3.05) is 26.2 Å². The summed E-state index contributed by atoms with van der Waals surface area (Å²) in [6, 6.07) is 36.2. The second kappa shape index (κ2) is 24.3. The van der Waals surface area contributed by atoms with Crippen molar-refractivity contribution >= 4 is 52.3 Å². The van der Waals surface area contributed by atoms with Gasteiger partial charge in [-0.15, -0.1) is 0 Å². The molecule has 4 aromatic rings. The van der Waals surface area contributed by atoms with E-state index in [4.69, 9.17) is 34.9 Å². The molecule has 1 amide bonds. The van der Waals surface area contributed by atoms with Gasteiger partial charge in [-0.05, 0) is 91.4 Å². The average molecular weight is 783 g/mol. The van der Waals surface area contributed by atoms with Crippen LogP contribution >= 0.6 is 24.4 Å². The van der Waals surface area contributed by atoms with Gasteiger partial charge in [-0.1, -0.05) is 109 Å². The Hall–Kier alpha value is -5.17. The Morgan fingerprint density at radius 3 is 1.42 bits per heavy atom. The highest BCUT2D eigenvalue weighted by Crippen LogP contribution is 2.09. The maximum absolute atomic E-state index is 12.2. The predicted octanol–water partition coefficient (Wildman–Crippen LogP) is 5.49. The van der Waals surface area contributed by atoms with E-state index in [0.29, 0.717) is 29.7 Å². The van der Waals surface area contributed by atoms with Crippen molar-refractivity contribution in [2.45, 2.75) is 65.1 Å². The molecule has 4 aromatic carbocycles. The first kappa shape index (κ1) is 44.2. The molecule has 0 atom stereocenters. The SMILES string of the molecule is CC(C)(C)OC(=O)NCC(=O)Cc1cccc(CNC(=S)NCCc2ccccc2)c1.NCC(=O)Cc1cccc(CNC(=S)NCCc2ccccc2)c1. The number of rotatable bonds is 17. The molecule has 0 aromatic heterocycles. The minimum Gasteiger partial charge on any atom is -0.444 e. The van der Waals surface area contributed by atoms with E-state index < -0.39 is 11.7 Å². The molecule has 4 rings (SSSR count). The Bertz CT molecular complexity index is 1820. The lowest BCUT2D eigenvalue weighted by Crippen LogP contribution is -2.36. The van der Waals surface area contributed by atoms with Gasteiger partial charge in [0, 0.05) is 39.0 Å². The van der Waals surface area contributed by atoms with E-state index in [2.05, 4.69) is 50.8 Å². The minimum atomic E-state index is -0.592. The number of amides is 1. The van der Waals surface area contributed by atoms with Gasteiger partial charge in [-0.3, -0.25) is 9.59 Å². The Labute approximate surface area is 336 Å². The molecule has 10 nitrogen and oxygen atoms in total. The van der Waals surface area contributed by atoms with Gasteiger partial charge < -0.3 is 37.1 Å². The van der Waals surface area contributed by atoms with Crippen LogP contribution < -0.4 is 32.3 Å². The zero-order valence-electron chi connectivity index (χ0n) is 32.0. The maximum Gasteiger partial charge on any atom is 0.408 e. The third-order valence-electron chi connectivity index (χ3n) is 7.83. The second-order valence-electron chi connectivity index (χ2n) is 13.8. The van der Waals surface area contributed by atoms with E-state index in [0.717, 1.165) is 48.2 Å². The van der Waals surface area contributed by atoms with Crippen LogP contribution in [-0.4, -0.2) is 59.7 Å². The fourth-order valence-electron chi connectivity index (χ4n) is 5.19. The third kappa shape index (κ3) is 20.2. The van der Waals surface area contributed by atoms with Crippen molar-refractivity contribution in [3.8, 4) is 0 Å². The summed E-state index contributed by atoms with van der Waals surface area (Å²) in [5, 5.41) is 16.5. The number of Topliss-reactive ketones (excluding diaryl/α,β-unsaturated/α-hetero) is 2. The zero-order chi connectivity index (χ0) is 39.9. The molecular formula is C43H54N6O4S2. The van der Waals surface area contributed by atoms with Crippen molar-refractivity contribution < 1.29 is 19.1 Å². The first-order chi connectivity index (χ1) is 26.4. The molecule has 0 heterocycles. The first-order valence-electron chi connectivity index (χ1n) is 18.4. The van der Waals surface area contributed by atoms with Crippen LogP contribution in [-0.2, 0) is 53.1 Å². The van der Waals surface area contributed by atoms with Crippen LogP contribution in [0.3, 0.4) is 0 Å². The van der Waals surface area contributed by atoms with Crippen molar-refractivity contribution in [3.05, 3.63) is 143 Å². The molecule has 0 saturated carbocycles.